The summed E-state index contributed by atoms with van der Waals surface area (Å²) < 4.78 is 1.71. The number of nitrogens with one attached hydrogen (secondary N) is 2. The standard InChI is InChI=1S/C13H21N5O2/c1-3-17-13(12(18(19)20)8(2)16-17)15-11-6-9-4-5-10(7-11)14-9/h9-11,14-15H,3-7H2,1-2H3. The van der Waals surface area contributed by atoms with Crippen molar-refractivity contribution in [3.8, 4) is 0 Å². The molecule has 3 rings (SSSR count). The van der Waals surface area contributed by atoms with Crippen molar-refractivity contribution in [3.05, 3.63) is 15.8 Å². The van der Waals surface area contributed by atoms with Crippen molar-refractivity contribution in [2.45, 2.75) is 64.2 Å². The topological polar surface area (TPSA) is 85.0 Å². The Morgan fingerprint density at radius 1 is 1.45 bits per heavy atom. The monoisotopic (exact) mass is 279 g/mol. The van der Waals surface area contributed by atoms with Crippen LogP contribution in [0, 0.1) is 17.0 Å². The molecule has 0 radical (unpaired) electrons. The van der Waals surface area contributed by atoms with E-state index in [2.05, 4.69) is 15.7 Å². The van der Waals surface area contributed by atoms with Gasteiger partial charge in [-0.15, -0.1) is 0 Å². The van der Waals surface area contributed by atoms with E-state index in [1.54, 1.807) is 11.6 Å². The Kier molecular flexibility index (Phi) is 3.37. The molecule has 0 saturated carbocycles. The van der Waals surface area contributed by atoms with E-state index in [0.29, 0.717) is 36.2 Å². The number of rotatable bonds is 4. The van der Waals surface area contributed by atoms with Gasteiger partial charge in [-0.1, -0.05) is 0 Å². The van der Waals surface area contributed by atoms with Crippen LogP contribution in [0.4, 0.5) is 11.5 Å². The third kappa shape index (κ3) is 2.26. The molecule has 20 heavy (non-hydrogen) atoms. The Morgan fingerprint density at radius 3 is 2.65 bits per heavy atom. The first-order valence-electron chi connectivity index (χ1n) is 7.32. The molecule has 1 aromatic rings. The second-order valence-corrected chi connectivity index (χ2v) is 5.81. The van der Waals surface area contributed by atoms with Crippen molar-refractivity contribution in [1.29, 1.82) is 0 Å². The SMILES string of the molecule is CCn1nc(C)c([N+](=O)[O-])c1NC1CC2CCC(C1)N2. The molecule has 7 heteroatoms. The van der Waals surface area contributed by atoms with Gasteiger partial charge in [0, 0.05) is 24.7 Å². The van der Waals surface area contributed by atoms with Crippen LogP contribution in [0.5, 0.6) is 0 Å². The molecule has 2 unspecified atom stereocenters. The molecule has 2 N–H and O–H groups in total. The van der Waals surface area contributed by atoms with Gasteiger partial charge in [0.2, 0.25) is 5.82 Å². The minimum absolute atomic E-state index is 0.123. The first kappa shape index (κ1) is 13.4. The van der Waals surface area contributed by atoms with E-state index in [1.807, 2.05) is 6.92 Å². The number of nitro groups is 1. The summed E-state index contributed by atoms with van der Waals surface area (Å²) in [6.45, 7) is 4.28. The Labute approximate surface area is 117 Å². The molecule has 2 fully saturated rings. The van der Waals surface area contributed by atoms with Gasteiger partial charge < -0.3 is 10.6 Å². The van der Waals surface area contributed by atoms with Crippen LogP contribution in [0.3, 0.4) is 0 Å². The summed E-state index contributed by atoms with van der Waals surface area (Å²) >= 11 is 0. The maximum atomic E-state index is 11.3. The minimum Gasteiger partial charge on any atom is -0.362 e. The highest BCUT2D eigenvalue weighted by atomic mass is 16.6. The Hall–Kier alpha value is -1.63. The third-order valence-corrected chi connectivity index (χ3v) is 4.39. The quantitative estimate of drug-likeness (QED) is 0.648. The van der Waals surface area contributed by atoms with Crippen LogP contribution < -0.4 is 10.6 Å². The number of aromatic nitrogens is 2. The predicted molar refractivity (Wildman–Crippen MR) is 75.9 cm³/mol. The molecule has 3 heterocycles. The molecule has 0 aromatic carbocycles. The summed E-state index contributed by atoms with van der Waals surface area (Å²) in [4.78, 5) is 10.9. The minimum atomic E-state index is -0.327. The smallest absolute Gasteiger partial charge is 0.333 e. The Morgan fingerprint density at radius 2 is 2.10 bits per heavy atom. The number of fused-ring (bicyclic) bond motifs is 2. The Balaban J connectivity index is 1.84. The molecule has 0 amide bonds. The predicted octanol–water partition coefficient (Wildman–Crippen LogP) is 1.81. The van der Waals surface area contributed by atoms with Crippen molar-refractivity contribution >= 4 is 11.5 Å². The zero-order valence-electron chi connectivity index (χ0n) is 11.9. The Bertz CT molecular complexity index is 515. The van der Waals surface area contributed by atoms with E-state index < -0.39 is 0 Å². The van der Waals surface area contributed by atoms with Crippen molar-refractivity contribution in [2.75, 3.05) is 5.32 Å². The van der Waals surface area contributed by atoms with Gasteiger partial charge in [0.25, 0.3) is 0 Å². The van der Waals surface area contributed by atoms with Crippen molar-refractivity contribution < 1.29 is 4.92 Å². The lowest BCUT2D eigenvalue weighted by Crippen LogP contribution is -2.43. The van der Waals surface area contributed by atoms with Crippen LogP contribution in [0.25, 0.3) is 0 Å². The van der Waals surface area contributed by atoms with E-state index in [1.165, 1.54) is 12.8 Å². The largest absolute Gasteiger partial charge is 0.362 e. The average molecular weight is 279 g/mol. The molecule has 2 aliphatic rings. The van der Waals surface area contributed by atoms with Crippen LogP contribution in [0.1, 0.15) is 38.3 Å². The van der Waals surface area contributed by atoms with Gasteiger partial charge in [-0.3, -0.25) is 10.1 Å². The van der Waals surface area contributed by atoms with E-state index >= 15 is 0 Å². The number of hydrogen-bond donors (Lipinski definition) is 2. The second-order valence-electron chi connectivity index (χ2n) is 5.81. The van der Waals surface area contributed by atoms with Crippen molar-refractivity contribution in [1.82, 2.24) is 15.1 Å². The maximum absolute atomic E-state index is 11.3. The van der Waals surface area contributed by atoms with Gasteiger partial charge in [0.15, 0.2) is 0 Å². The van der Waals surface area contributed by atoms with E-state index in [0.717, 1.165) is 12.8 Å². The fourth-order valence-corrected chi connectivity index (χ4v) is 3.53. The summed E-state index contributed by atoms with van der Waals surface area (Å²) in [6.07, 6.45) is 4.50. The number of anilines is 1. The number of aryl methyl sites for hydroxylation is 2. The van der Waals surface area contributed by atoms with Gasteiger partial charge in [0.1, 0.15) is 5.69 Å². The number of piperidine rings is 1. The molecule has 110 valence electrons. The lowest BCUT2D eigenvalue weighted by molar-refractivity contribution is -0.384. The van der Waals surface area contributed by atoms with Gasteiger partial charge in [-0.05, 0) is 39.5 Å². The molecule has 1 aromatic heterocycles. The zero-order chi connectivity index (χ0) is 14.3. The highest BCUT2D eigenvalue weighted by Gasteiger charge is 2.35. The normalized spacial score (nSPS) is 28.6. The molecule has 0 spiro atoms. The molecule has 2 saturated heterocycles. The van der Waals surface area contributed by atoms with Gasteiger partial charge >= 0.3 is 5.69 Å². The highest BCUT2D eigenvalue weighted by Crippen LogP contribution is 2.33. The average Bonchev–Trinajstić information content (AvgIpc) is 2.89. The first-order valence-corrected chi connectivity index (χ1v) is 7.32. The molecule has 2 aliphatic heterocycles. The van der Waals surface area contributed by atoms with E-state index in [-0.39, 0.29) is 10.6 Å². The summed E-state index contributed by atoms with van der Waals surface area (Å²) in [5.74, 6) is 0.571. The van der Waals surface area contributed by atoms with Crippen molar-refractivity contribution in [3.63, 3.8) is 0 Å². The van der Waals surface area contributed by atoms with E-state index in [9.17, 15) is 10.1 Å². The zero-order valence-corrected chi connectivity index (χ0v) is 11.9. The van der Waals surface area contributed by atoms with E-state index in [4.69, 9.17) is 0 Å². The fraction of sp³-hybridized carbons (Fsp3) is 0.769. The summed E-state index contributed by atoms with van der Waals surface area (Å²) in [5.41, 5.74) is 0.606. The molecule has 2 atom stereocenters. The maximum Gasteiger partial charge on any atom is 0.333 e. The number of nitrogens with zero attached hydrogens (tertiary/aromatic N) is 3. The summed E-state index contributed by atoms with van der Waals surface area (Å²) in [6, 6.07) is 1.42. The van der Waals surface area contributed by atoms with Gasteiger partial charge in [-0.2, -0.15) is 5.10 Å². The summed E-state index contributed by atoms with van der Waals surface area (Å²) in [7, 11) is 0. The summed E-state index contributed by atoms with van der Waals surface area (Å²) in [5, 5.41) is 22.5. The highest BCUT2D eigenvalue weighted by molar-refractivity contribution is 5.60. The molecular weight excluding hydrogens is 258 g/mol. The van der Waals surface area contributed by atoms with Crippen LogP contribution in [-0.4, -0.2) is 32.8 Å². The van der Waals surface area contributed by atoms with Crippen LogP contribution in [0.15, 0.2) is 0 Å². The molecule has 7 nitrogen and oxygen atoms in total. The van der Waals surface area contributed by atoms with Crippen molar-refractivity contribution in [2.24, 2.45) is 0 Å². The first-order chi connectivity index (χ1) is 9.58. The lowest BCUT2D eigenvalue weighted by atomic mass is 10.00. The molecule has 2 bridgehead atoms. The number of hydrogen-bond acceptors (Lipinski definition) is 5. The van der Waals surface area contributed by atoms with Gasteiger partial charge in [0.05, 0.1) is 4.92 Å². The lowest BCUT2D eigenvalue weighted by Gasteiger charge is -2.30. The van der Waals surface area contributed by atoms with Crippen LogP contribution in [0.2, 0.25) is 0 Å². The second kappa shape index (κ2) is 5.05. The van der Waals surface area contributed by atoms with Gasteiger partial charge in [-0.25, -0.2) is 4.68 Å². The van der Waals surface area contributed by atoms with Crippen LogP contribution in [-0.2, 0) is 6.54 Å². The molecular formula is C13H21N5O2. The molecule has 0 aliphatic carbocycles. The fourth-order valence-electron chi connectivity index (χ4n) is 3.53. The third-order valence-electron chi connectivity index (χ3n) is 4.39. The van der Waals surface area contributed by atoms with Crippen LogP contribution >= 0.6 is 0 Å².